The molecule has 6 rings (SSSR count). The van der Waals surface area contributed by atoms with Crippen LogP contribution in [0, 0.1) is 95.7 Å². The fourth-order valence-electron chi connectivity index (χ4n) is 15.3. The first kappa shape index (κ1) is 114. The number of hydrogen-bond acceptors (Lipinski definition) is 12. The van der Waals surface area contributed by atoms with Crippen molar-refractivity contribution in [2.45, 2.75) is 391 Å². The zero-order valence-electron chi connectivity index (χ0n) is 86.4. The molecule has 738 valence electrons. The molecule has 0 fully saturated rings. The average molecular weight is 1850 g/mol. The summed E-state index contributed by atoms with van der Waals surface area (Å²) in [6.45, 7) is 32.8. The van der Waals surface area contributed by atoms with E-state index in [9.17, 15) is 0 Å². The molecule has 0 aliphatic rings. The lowest BCUT2D eigenvalue weighted by atomic mass is 10.0. The average Bonchev–Trinajstić information content (AvgIpc) is 0.805. The monoisotopic (exact) mass is 1850 g/mol. The zero-order chi connectivity index (χ0) is 97.2. The Morgan fingerprint density at radius 1 is 0.140 bits per heavy atom. The summed E-state index contributed by atoms with van der Waals surface area (Å²) in [7, 11) is 0. The molecular formula is C124H170O12. The van der Waals surface area contributed by atoms with Crippen molar-refractivity contribution in [2.24, 2.45) is 0 Å². The molecular weight excluding hydrogens is 1680 g/mol. The van der Waals surface area contributed by atoms with Crippen LogP contribution in [0.1, 0.15) is 458 Å². The van der Waals surface area contributed by atoms with Gasteiger partial charge < -0.3 is 56.8 Å². The van der Waals surface area contributed by atoms with E-state index in [0.717, 1.165) is 308 Å². The zero-order valence-corrected chi connectivity index (χ0v) is 86.4. The molecule has 6 aromatic carbocycles. The highest BCUT2D eigenvalue weighted by Gasteiger charge is 2.21. The van der Waals surface area contributed by atoms with Gasteiger partial charge in [0.25, 0.3) is 0 Å². The van der Waals surface area contributed by atoms with Gasteiger partial charge in [0, 0.05) is 72.8 Å². The number of ether oxygens (including phenoxy) is 12. The van der Waals surface area contributed by atoms with Crippen LogP contribution in [0.4, 0.5) is 0 Å². The van der Waals surface area contributed by atoms with Crippen LogP contribution in [0.25, 0.3) is 0 Å². The second-order valence-electron chi connectivity index (χ2n) is 35.8. The molecule has 0 aromatic heterocycles. The van der Waals surface area contributed by atoms with Crippen molar-refractivity contribution in [3.8, 4) is 165 Å². The standard InChI is InChI=1S/C124H170O12/c1-15-29-41-55-77-125-113-93-105(115(89-101(113)27-13)127-79-57-43-31-17-3)69-71-109-97-123(135-87-65-51-39-25-11)111(99-121(109)133-85-63-49-37-23-9)75-73-107-95-117(129-81-59-45-33-19-5)103(91-119(107)131-83-61-47-35-21-7)67-53-54-68-104-92-120(132-84-62-48-36-22-8)108(96-118(104)130-82-60-46-34-20-6)74-76-112-100-122(134-86-64-50-38-24-10)110(98-124(112)136-88-66-52-40-26-12)72-70-106-94-114(126-78-56-42-30-16-2)102(28-14)90-116(106)128-80-58-44-32-18-4/h13-14,89-100H,15-26,29-52,55-66,77-88H2,1-12H3. The first-order valence-electron chi connectivity index (χ1n) is 53.7. The summed E-state index contributed by atoms with van der Waals surface area (Å²) in [4.78, 5) is 0. The van der Waals surface area contributed by atoms with Crippen LogP contribution < -0.4 is 56.8 Å². The quantitative estimate of drug-likeness (QED) is 0.0268. The minimum atomic E-state index is 0.490. The van der Waals surface area contributed by atoms with E-state index in [0.29, 0.717) is 215 Å². The van der Waals surface area contributed by atoms with Crippen molar-refractivity contribution in [3.63, 3.8) is 0 Å². The topological polar surface area (TPSA) is 111 Å². The van der Waals surface area contributed by atoms with Crippen molar-refractivity contribution in [3.05, 3.63) is 140 Å². The predicted octanol–water partition coefficient (Wildman–Crippen LogP) is 32.2. The van der Waals surface area contributed by atoms with Gasteiger partial charge in [-0.2, -0.15) is 0 Å². The van der Waals surface area contributed by atoms with Crippen molar-refractivity contribution >= 4 is 0 Å². The van der Waals surface area contributed by atoms with Crippen LogP contribution in [0.15, 0.2) is 72.8 Å². The summed E-state index contributed by atoms with van der Waals surface area (Å²) >= 11 is 0. The number of terminal acetylenes is 2. The van der Waals surface area contributed by atoms with E-state index >= 15 is 0 Å². The SMILES string of the molecule is C#Cc1cc(OCCCCCC)c(C#Cc2cc(OCCCCCC)c(C#Cc3cc(OCCCCCC)c(C#CC#Cc4cc(OCCCCCC)c(C#Cc5cc(OCCCCCC)c(C#Cc6cc(OCCCCCC)c(C#C)cc6OCCCCCC)cc5OCCCCCC)cc4OCCCCCC)cc3OCCCCCC)cc2OCCCCCC)cc1OCCCCCC. The highest BCUT2D eigenvalue weighted by Crippen LogP contribution is 2.38. The molecule has 0 saturated carbocycles. The maximum absolute atomic E-state index is 6.86. The lowest BCUT2D eigenvalue weighted by Gasteiger charge is -2.15. The van der Waals surface area contributed by atoms with Crippen LogP contribution in [0.2, 0.25) is 0 Å². The van der Waals surface area contributed by atoms with Gasteiger partial charge in [-0.15, -0.1) is 12.8 Å². The Bertz CT molecular complexity index is 4560. The smallest absolute Gasteiger partial charge is 0.136 e. The van der Waals surface area contributed by atoms with Gasteiger partial charge in [0.1, 0.15) is 69.0 Å². The van der Waals surface area contributed by atoms with Gasteiger partial charge in [-0.25, -0.2) is 0 Å². The first-order chi connectivity index (χ1) is 67.0. The van der Waals surface area contributed by atoms with Gasteiger partial charge in [0.2, 0.25) is 0 Å². The lowest BCUT2D eigenvalue weighted by Crippen LogP contribution is -2.04. The molecule has 0 aliphatic carbocycles. The second kappa shape index (κ2) is 74.6. The summed E-state index contributed by atoms with van der Waals surface area (Å²) < 4.78 is 80.7. The van der Waals surface area contributed by atoms with Crippen molar-refractivity contribution in [1.29, 1.82) is 0 Å². The summed E-state index contributed by atoms with van der Waals surface area (Å²) in [5.74, 6) is 55.3. The summed E-state index contributed by atoms with van der Waals surface area (Å²) in [6.07, 6.45) is 62.6. The molecule has 0 aliphatic heterocycles. The van der Waals surface area contributed by atoms with E-state index in [4.69, 9.17) is 69.7 Å². The first-order valence-corrected chi connectivity index (χ1v) is 53.7. The molecule has 0 amide bonds. The van der Waals surface area contributed by atoms with Crippen LogP contribution in [0.5, 0.6) is 69.0 Å². The lowest BCUT2D eigenvalue weighted by molar-refractivity contribution is 0.295. The Morgan fingerprint density at radius 3 is 0.353 bits per heavy atom. The van der Waals surface area contributed by atoms with Gasteiger partial charge in [-0.3, -0.25) is 0 Å². The Kier molecular flexibility index (Phi) is 62.6. The van der Waals surface area contributed by atoms with E-state index in [1.165, 1.54) is 0 Å². The predicted molar refractivity (Wildman–Crippen MR) is 568 cm³/mol. The van der Waals surface area contributed by atoms with Crippen molar-refractivity contribution in [1.82, 2.24) is 0 Å². The summed E-state index contributed by atoms with van der Waals surface area (Å²) in [6, 6.07) is 23.7. The maximum Gasteiger partial charge on any atom is 0.136 e. The summed E-state index contributed by atoms with van der Waals surface area (Å²) in [5, 5.41) is 0. The molecule has 12 nitrogen and oxygen atoms in total. The fraction of sp³-hybridized carbons (Fsp3) is 0.581. The van der Waals surface area contributed by atoms with E-state index in [2.05, 4.69) is 166 Å². The van der Waals surface area contributed by atoms with E-state index in [1.54, 1.807) is 0 Å². The van der Waals surface area contributed by atoms with Crippen LogP contribution in [-0.4, -0.2) is 79.3 Å². The van der Waals surface area contributed by atoms with Crippen LogP contribution in [-0.2, 0) is 0 Å². The Balaban J connectivity index is 1.59. The minimum Gasteiger partial charge on any atom is -0.492 e. The van der Waals surface area contributed by atoms with Gasteiger partial charge in [0.05, 0.1) is 146 Å². The largest absolute Gasteiger partial charge is 0.492 e. The van der Waals surface area contributed by atoms with Gasteiger partial charge >= 0.3 is 0 Å². The van der Waals surface area contributed by atoms with Crippen molar-refractivity contribution < 1.29 is 56.8 Å². The fourth-order valence-corrected chi connectivity index (χ4v) is 15.3. The van der Waals surface area contributed by atoms with E-state index < -0.39 is 0 Å². The molecule has 0 unspecified atom stereocenters. The van der Waals surface area contributed by atoms with Gasteiger partial charge in [-0.05, 0) is 101 Å². The van der Waals surface area contributed by atoms with Crippen LogP contribution >= 0.6 is 0 Å². The van der Waals surface area contributed by atoms with Gasteiger partial charge in [0.15, 0.2) is 0 Å². The molecule has 0 bridgehead atoms. The summed E-state index contributed by atoms with van der Waals surface area (Å²) in [5.41, 5.74) is 7.95. The number of hydrogen-bond donors (Lipinski definition) is 0. The Morgan fingerprint density at radius 2 is 0.243 bits per heavy atom. The maximum atomic E-state index is 6.86. The number of rotatable bonds is 72. The highest BCUT2D eigenvalue weighted by atomic mass is 16.5. The Labute approximate surface area is 826 Å². The molecule has 12 heteroatoms. The third-order valence-corrected chi connectivity index (χ3v) is 23.7. The number of benzene rings is 6. The second-order valence-corrected chi connectivity index (χ2v) is 35.8. The molecule has 0 atom stereocenters. The highest BCUT2D eigenvalue weighted by molar-refractivity contribution is 5.68. The molecule has 136 heavy (non-hydrogen) atoms. The van der Waals surface area contributed by atoms with E-state index in [-0.39, 0.29) is 0 Å². The molecule has 0 spiro atoms. The normalized spacial score (nSPS) is 10.6. The molecule has 0 radical (unpaired) electrons. The third-order valence-electron chi connectivity index (χ3n) is 23.7. The van der Waals surface area contributed by atoms with Gasteiger partial charge in [-0.1, -0.05) is 373 Å². The van der Waals surface area contributed by atoms with E-state index in [1.807, 2.05) is 72.8 Å². The van der Waals surface area contributed by atoms with Crippen LogP contribution in [0.3, 0.4) is 0 Å². The van der Waals surface area contributed by atoms with Crippen molar-refractivity contribution in [2.75, 3.05) is 79.3 Å². The third kappa shape index (κ3) is 46.0. The molecule has 0 saturated heterocycles. The molecule has 0 heterocycles. The molecule has 6 aromatic rings. The number of unbranched alkanes of at least 4 members (excludes halogenated alkanes) is 36. The Hall–Kier alpha value is -10.6. The molecule has 0 N–H and O–H groups in total. The minimum absolute atomic E-state index is 0.490.